The number of hydrogen-bond donors (Lipinski definition) is 2. The summed E-state index contributed by atoms with van der Waals surface area (Å²) in [6.07, 6.45) is 3.83. The van der Waals surface area contributed by atoms with E-state index >= 15 is 0 Å². The zero-order valence-corrected chi connectivity index (χ0v) is 13.2. The lowest BCUT2D eigenvalue weighted by Gasteiger charge is -2.05. The summed E-state index contributed by atoms with van der Waals surface area (Å²) in [4.78, 5) is 8.80. The minimum atomic E-state index is 1.01. The van der Waals surface area contributed by atoms with E-state index in [2.05, 4.69) is 45.0 Å². The average molecular weight is 317 g/mol. The van der Waals surface area contributed by atoms with Crippen molar-refractivity contribution < 1.29 is 0 Å². The van der Waals surface area contributed by atoms with Crippen LogP contribution in [0, 0.1) is 0 Å². The van der Waals surface area contributed by atoms with Crippen LogP contribution in [-0.4, -0.2) is 9.97 Å². The van der Waals surface area contributed by atoms with E-state index in [-0.39, 0.29) is 0 Å². The summed E-state index contributed by atoms with van der Waals surface area (Å²) in [5.74, 6) is 0. The molecule has 2 aromatic carbocycles. The Morgan fingerprint density at radius 3 is 2.74 bits per heavy atom. The number of H-pyrrole nitrogens is 1. The first-order valence-electron chi connectivity index (χ1n) is 7.40. The van der Waals surface area contributed by atoms with E-state index in [4.69, 9.17) is 0 Å². The van der Waals surface area contributed by atoms with Crippen LogP contribution in [-0.2, 0) is 0 Å². The van der Waals surface area contributed by atoms with Crippen molar-refractivity contribution in [3.05, 3.63) is 79.1 Å². The van der Waals surface area contributed by atoms with Gasteiger partial charge < -0.3 is 9.71 Å². The molecule has 0 amide bonds. The lowest BCUT2D eigenvalue weighted by Crippen LogP contribution is -1.86. The zero-order valence-electron chi connectivity index (χ0n) is 12.4. The van der Waals surface area contributed by atoms with Gasteiger partial charge in [0.1, 0.15) is 0 Å². The van der Waals surface area contributed by atoms with Crippen LogP contribution in [0.25, 0.3) is 22.2 Å². The topological polar surface area (TPSA) is 40.7 Å². The number of pyridine rings is 1. The molecular weight excluding hydrogens is 302 g/mol. The highest BCUT2D eigenvalue weighted by atomic mass is 32.2. The molecule has 0 spiro atoms. The van der Waals surface area contributed by atoms with Gasteiger partial charge in [0.25, 0.3) is 0 Å². The second kappa shape index (κ2) is 6.18. The molecule has 112 valence electrons. The number of nitrogens with zero attached hydrogens (tertiary/aromatic N) is 1. The first-order valence-corrected chi connectivity index (χ1v) is 8.22. The molecule has 4 aromatic rings. The Bertz CT molecular complexity index is 931. The monoisotopic (exact) mass is 317 g/mol. The van der Waals surface area contributed by atoms with Crippen molar-refractivity contribution in [1.29, 1.82) is 0 Å². The normalized spacial score (nSPS) is 10.8. The molecule has 0 aliphatic heterocycles. The third-order valence-electron chi connectivity index (χ3n) is 3.63. The van der Waals surface area contributed by atoms with Crippen molar-refractivity contribution in [2.45, 2.75) is 4.90 Å². The van der Waals surface area contributed by atoms with Crippen molar-refractivity contribution in [3.63, 3.8) is 0 Å². The van der Waals surface area contributed by atoms with Crippen molar-refractivity contribution in [2.24, 2.45) is 0 Å². The lowest BCUT2D eigenvalue weighted by atomic mass is 10.2. The summed E-state index contributed by atoms with van der Waals surface area (Å²) in [5.41, 5.74) is 4.39. The van der Waals surface area contributed by atoms with Crippen LogP contribution < -0.4 is 4.72 Å². The molecule has 2 aromatic heterocycles. The second-order valence-corrected chi connectivity index (χ2v) is 6.11. The Labute approximate surface area is 138 Å². The van der Waals surface area contributed by atoms with Gasteiger partial charge in [-0.25, -0.2) is 0 Å². The Morgan fingerprint density at radius 1 is 0.913 bits per heavy atom. The minimum Gasteiger partial charge on any atom is -0.360 e. The molecule has 0 aliphatic rings. The van der Waals surface area contributed by atoms with Crippen LogP contribution in [0.5, 0.6) is 0 Å². The molecule has 0 radical (unpaired) electrons. The first-order chi connectivity index (χ1) is 11.4. The van der Waals surface area contributed by atoms with Gasteiger partial charge in [0, 0.05) is 34.1 Å². The Morgan fingerprint density at radius 2 is 1.83 bits per heavy atom. The van der Waals surface area contributed by atoms with Crippen LogP contribution in [0.4, 0.5) is 5.69 Å². The van der Waals surface area contributed by atoms with Crippen molar-refractivity contribution in [3.8, 4) is 11.3 Å². The van der Waals surface area contributed by atoms with Crippen LogP contribution in [0.15, 0.2) is 84.0 Å². The molecule has 4 rings (SSSR count). The molecule has 2 heterocycles. The predicted octanol–water partition coefficient (Wildman–Crippen LogP) is 5.35. The molecule has 0 bridgehead atoms. The number of nitrogens with one attached hydrogen (secondary N) is 2. The Hall–Kier alpha value is -2.72. The van der Waals surface area contributed by atoms with E-state index in [9.17, 15) is 0 Å². The lowest BCUT2D eigenvalue weighted by molar-refractivity contribution is 1.37. The van der Waals surface area contributed by atoms with Gasteiger partial charge >= 0.3 is 0 Å². The minimum absolute atomic E-state index is 1.01. The molecule has 4 heteroatoms. The van der Waals surface area contributed by atoms with Gasteiger partial charge in [-0.15, -0.1) is 0 Å². The molecule has 0 aliphatic carbocycles. The van der Waals surface area contributed by atoms with E-state index in [1.807, 2.05) is 48.8 Å². The highest BCUT2D eigenvalue weighted by molar-refractivity contribution is 8.00. The fourth-order valence-corrected chi connectivity index (χ4v) is 3.13. The molecule has 0 fully saturated rings. The van der Waals surface area contributed by atoms with Gasteiger partial charge in [0.2, 0.25) is 0 Å². The second-order valence-electron chi connectivity index (χ2n) is 5.23. The Kier molecular flexibility index (Phi) is 3.74. The highest BCUT2D eigenvalue weighted by Crippen LogP contribution is 2.27. The molecule has 0 saturated heterocycles. The third kappa shape index (κ3) is 3.07. The molecular formula is C19H15N3S. The number of aromatic nitrogens is 2. The fraction of sp³-hybridized carbons (Fsp3) is 0. The summed E-state index contributed by atoms with van der Waals surface area (Å²) in [6, 6.07) is 22.7. The molecule has 3 nitrogen and oxygen atoms in total. The number of benzene rings is 2. The van der Waals surface area contributed by atoms with Crippen LogP contribution in [0.2, 0.25) is 0 Å². The number of hydrogen-bond acceptors (Lipinski definition) is 3. The first kappa shape index (κ1) is 13.9. The fourth-order valence-electron chi connectivity index (χ4n) is 2.47. The summed E-state index contributed by atoms with van der Waals surface area (Å²) in [5, 5.41) is 1.14. The van der Waals surface area contributed by atoms with Crippen molar-refractivity contribution in [2.75, 3.05) is 4.72 Å². The molecule has 0 saturated carbocycles. The van der Waals surface area contributed by atoms with Gasteiger partial charge in [0.15, 0.2) is 0 Å². The maximum Gasteiger partial charge on any atom is 0.0703 e. The summed E-state index contributed by atoms with van der Waals surface area (Å²) >= 11 is 1.60. The summed E-state index contributed by atoms with van der Waals surface area (Å²) in [7, 11) is 0. The van der Waals surface area contributed by atoms with Crippen molar-refractivity contribution >= 4 is 28.5 Å². The molecule has 23 heavy (non-hydrogen) atoms. The van der Waals surface area contributed by atoms with Crippen molar-refractivity contribution in [1.82, 2.24) is 9.97 Å². The number of rotatable bonds is 4. The van der Waals surface area contributed by atoms with E-state index in [1.54, 1.807) is 11.9 Å². The van der Waals surface area contributed by atoms with Gasteiger partial charge in [-0.05, 0) is 47.8 Å². The number of aromatic amines is 1. The highest BCUT2D eigenvalue weighted by Gasteiger charge is 2.03. The van der Waals surface area contributed by atoms with E-state index in [0.29, 0.717) is 0 Å². The van der Waals surface area contributed by atoms with E-state index in [0.717, 1.165) is 27.2 Å². The van der Waals surface area contributed by atoms with Gasteiger partial charge in [-0.1, -0.05) is 36.4 Å². The molecule has 0 atom stereocenters. The SMILES string of the molecule is c1ccc(-c2cc(SNc3ccc4ncccc4c3)c[nH]2)cc1. The average Bonchev–Trinajstić information content (AvgIpc) is 3.10. The van der Waals surface area contributed by atoms with Gasteiger partial charge in [0.05, 0.1) is 5.52 Å². The standard InChI is InChI=1S/C19H15N3S/c1-2-5-14(6-3-1)19-12-17(13-21-19)23-22-16-8-9-18-15(11-16)7-4-10-20-18/h1-13,21-22H. The van der Waals surface area contributed by atoms with Crippen LogP contribution in [0.3, 0.4) is 0 Å². The Balaban J connectivity index is 1.49. The smallest absolute Gasteiger partial charge is 0.0703 e. The quantitative estimate of drug-likeness (QED) is 0.499. The zero-order chi connectivity index (χ0) is 15.5. The van der Waals surface area contributed by atoms with Crippen LogP contribution >= 0.6 is 11.9 Å². The van der Waals surface area contributed by atoms with E-state index < -0.39 is 0 Å². The number of fused-ring (bicyclic) bond motifs is 1. The predicted molar refractivity (Wildman–Crippen MR) is 97.5 cm³/mol. The summed E-state index contributed by atoms with van der Waals surface area (Å²) in [6.45, 7) is 0. The maximum atomic E-state index is 4.34. The third-order valence-corrected chi connectivity index (χ3v) is 4.44. The number of anilines is 1. The van der Waals surface area contributed by atoms with Crippen LogP contribution in [0.1, 0.15) is 0 Å². The maximum absolute atomic E-state index is 4.34. The van der Waals surface area contributed by atoms with Gasteiger partial charge in [-0.2, -0.15) is 0 Å². The molecule has 0 unspecified atom stereocenters. The largest absolute Gasteiger partial charge is 0.360 e. The molecule has 2 N–H and O–H groups in total. The van der Waals surface area contributed by atoms with E-state index in [1.165, 1.54) is 5.56 Å². The summed E-state index contributed by atoms with van der Waals surface area (Å²) < 4.78 is 3.39. The van der Waals surface area contributed by atoms with Gasteiger partial charge in [-0.3, -0.25) is 4.98 Å².